The Hall–Kier alpha value is -1.68. The fourth-order valence-corrected chi connectivity index (χ4v) is 4.07. The van der Waals surface area contributed by atoms with Crippen molar-refractivity contribution in [2.75, 3.05) is 6.54 Å². The predicted octanol–water partition coefficient (Wildman–Crippen LogP) is 3.31. The highest BCUT2D eigenvalue weighted by atomic mass is 16.4. The number of nitrogens with zero attached hydrogens (tertiary/aromatic N) is 1. The van der Waals surface area contributed by atoms with Crippen molar-refractivity contribution in [3.8, 4) is 0 Å². The highest BCUT2D eigenvalue weighted by molar-refractivity contribution is 5.86. The summed E-state index contributed by atoms with van der Waals surface area (Å²) in [5, 5.41) is 9.73. The molecule has 2 amide bonds. The number of quaternary nitrogens is 1. The maximum absolute atomic E-state index is 13.1. The Morgan fingerprint density at radius 1 is 1.19 bits per heavy atom. The molecule has 4 heteroatoms. The number of carbonyl (C=O) groups excluding carboxylic acids is 1. The molecule has 0 saturated carbocycles. The fraction of sp³-hybridized carbons (Fsp3) is 0.529. The van der Waals surface area contributed by atoms with Gasteiger partial charge in [0.05, 0.1) is 6.54 Å². The van der Waals surface area contributed by atoms with Crippen molar-refractivity contribution in [2.45, 2.75) is 51.0 Å². The number of aryl methyl sites for hydroxylation is 1. The molecule has 0 bridgehead atoms. The molecule has 1 fully saturated rings. The predicted molar refractivity (Wildman–Crippen MR) is 79.0 cm³/mol. The molecule has 112 valence electrons. The SMILES string of the molecule is C[C@@H]1CCC[N+]1(C(=O)O)C(=O)C1CCCc2ccccc21. The number of likely N-dealkylation sites (tertiary alicyclic amines) is 1. The van der Waals surface area contributed by atoms with Crippen LogP contribution in [-0.4, -0.2) is 34.2 Å². The van der Waals surface area contributed by atoms with E-state index in [0.717, 1.165) is 37.7 Å². The molecule has 1 N–H and O–H groups in total. The monoisotopic (exact) mass is 288 g/mol. The third-order valence-electron chi connectivity index (χ3n) is 5.29. The molecule has 4 nitrogen and oxygen atoms in total. The van der Waals surface area contributed by atoms with E-state index in [0.29, 0.717) is 6.54 Å². The van der Waals surface area contributed by atoms with Crippen molar-refractivity contribution >= 4 is 12.0 Å². The van der Waals surface area contributed by atoms with Gasteiger partial charge in [0.2, 0.25) is 0 Å². The highest BCUT2D eigenvalue weighted by Crippen LogP contribution is 2.38. The van der Waals surface area contributed by atoms with Crippen LogP contribution in [0.15, 0.2) is 24.3 Å². The van der Waals surface area contributed by atoms with Gasteiger partial charge in [-0.25, -0.2) is 4.79 Å². The summed E-state index contributed by atoms with van der Waals surface area (Å²) in [6.45, 7) is 2.34. The minimum absolute atomic E-state index is 0.111. The van der Waals surface area contributed by atoms with Gasteiger partial charge in [0.25, 0.3) is 0 Å². The first kappa shape index (κ1) is 14.3. The fourth-order valence-electron chi connectivity index (χ4n) is 4.07. The van der Waals surface area contributed by atoms with Crippen LogP contribution in [0, 0.1) is 0 Å². The first-order chi connectivity index (χ1) is 10.1. The van der Waals surface area contributed by atoms with E-state index < -0.39 is 6.09 Å². The number of benzene rings is 1. The summed E-state index contributed by atoms with van der Waals surface area (Å²) in [6, 6.07) is 7.88. The van der Waals surface area contributed by atoms with Gasteiger partial charge in [-0.1, -0.05) is 24.3 Å². The van der Waals surface area contributed by atoms with Crippen LogP contribution in [0.25, 0.3) is 0 Å². The van der Waals surface area contributed by atoms with Crippen LogP contribution in [0.5, 0.6) is 0 Å². The van der Waals surface area contributed by atoms with Crippen LogP contribution < -0.4 is 0 Å². The highest BCUT2D eigenvalue weighted by Gasteiger charge is 2.55. The average molecular weight is 288 g/mol. The summed E-state index contributed by atoms with van der Waals surface area (Å²) in [7, 11) is 0. The molecule has 21 heavy (non-hydrogen) atoms. The van der Waals surface area contributed by atoms with E-state index in [2.05, 4.69) is 6.07 Å². The standard InChI is InChI=1S/C17H21NO3/c1-12-6-5-11-18(12,17(20)21)16(19)15-10-4-8-13-7-2-3-9-14(13)15/h2-3,7,9,12,15H,4-6,8,10-11H2,1H3/p+1/t12-,15?,18?/m1/s1. The molecule has 3 rings (SSSR count). The Balaban J connectivity index is 2.01. The van der Waals surface area contributed by atoms with Crippen LogP contribution in [0.4, 0.5) is 4.79 Å². The lowest BCUT2D eigenvalue weighted by molar-refractivity contribution is -0.793. The summed E-state index contributed by atoms with van der Waals surface area (Å²) in [5.41, 5.74) is 2.25. The summed E-state index contributed by atoms with van der Waals surface area (Å²) in [4.78, 5) is 25.0. The summed E-state index contributed by atoms with van der Waals surface area (Å²) >= 11 is 0. The van der Waals surface area contributed by atoms with Gasteiger partial charge in [-0.05, 0) is 37.3 Å². The molecular formula is C17H22NO3+. The Morgan fingerprint density at radius 2 is 1.95 bits per heavy atom. The number of imide groups is 1. The first-order valence-electron chi connectivity index (χ1n) is 7.81. The second-order valence-electron chi connectivity index (χ2n) is 6.35. The van der Waals surface area contributed by atoms with Gasteiger partial charge >= 0.3 is 12.0 Å². The third-order valence-corrected chi connectivity index (χ3v) is 5.29. The molecule has 1 aliphatic carbocycles. The van der Waals surface area contributed by atoms with Gasteiger partial charge in [0.15, 0.2) is 0 Å². The van der Waals surface area contributed by atoms with Crippen LogP contribution >= 0.6 is 0 Å². The second-order valence-corrected chi connectivity index (χ2v) is 6.35. The average Bonchev–Trinajstić information content (AvgIpc) is 2.88. The van der Waals surface area contributed by atoms with Crippen molar-refractivity contribution in [3.05, 3.63) is 35.4 Å². The number of hydrogen-bond acceptors (Lipinski definition) is 2. The van der Waals surface area contributed by atoms with Crippen LogP contribution in [0.3, 0.4) is 0 Å². The van der Waals surface area contributed by atoms with Gasteiger partial charge in [-0.3, -0.25) is 0 Å². The molecule has 0 radical (unpaired) electrons. The van der Waals surface area contributed by atoms with E-state index in [9.17, 15) is 14.7 Å². The van der Waals surface area contributed by atoms with Crippen molar-refractivity contribution in [3.63, 3.8) is 0 Å². The minimum Gasteiger partial charge on any atom is -0.435 e. The maximum Gasteiger partial charge on any atom is 0.521 e. The lowest BCUT2D eigenvalue weighted by Crippen LogP contribution is -2.60. The number of carboxylic acid groups (broad SMARTS) is 1. The van der Waals surface area contributed by atoms with E-state index in [4.69, 9.17) is 0 Å². The van der Waals surface area contributed by atoms with Crippen LogP contribution in [0.2, 0.25) is 0 Å². The lowest BCUT2D eigenvalue weighted by Gasteiger charge is -2.34. The van der Waals surface area contributed by atoms with Crippen molar-refractivity contribution in [1.82, 2.24) is 0 Å². The number of rotatable bonds is 1. The van der Waals surface area contributed by atoms with Crippen LogP contribution in [0.1, 0.15) is 49.7 Å². The molecule has 0 aromatic heterocycles. The minimum atomic E-state index is -0.979. The Bertz CT molecular complexity index is 583. The van der Waals surface area contributed by atoms with Gasteiger partial charge in [0, 0.05) is 12.8 Å². The van der Waals surface area contributed by atoms with Crippen molar-refractivity contribution in [2.24, 2.45) is 0 Å². The number of amides is 2. The van der Waals surface area contributed by atoms with E-state index >= 15 is 0 Å². The van der Waals surface area contributed by atoms with Gasteiger partial charge in [0.1, 0.15) is 12.0 Å². The topological polar surface area (TPSA) is 54.4 Å². The Morgan fingerprint density at radius 3 is 2.62 bits per heavy atom. The van der Waals surface area contributed by atoms with Crippen LogP contribution in [-0.2, 0) is 11.2 Å². The molecular weight excluding hydrogens is 266 g/mol. The molecule has 3 atom stereocenters. The molecule has 1 aliphatic heterocycles. The summed E-state index contributed by atoms with van der Waals surface area (Å²) in [5.74, 6) is -0.369. The molecule has 1 saturated heterocycles. The Kier molecular flexibility index (Phi) is 3.57. The summed E-state index contributed by atoms with van der Waals surface area (Å²) < 4.78 is -0.376. The third kappa shape index (κ3) is 2.09. The number of fused-ring (bicyclic) bond motifs is 1. The normalized spacial score (nSPS) is 31.7. The second kappa shape index (κ2) is 5.26. The zero-order valence-corrected chi connectivity index (χ0v) is 12.4. The van der Waals surface area contributed by atoms with Crippen molar-refractivity contribution < 1.29 is 19.2 Å². The number of carbonyl (C=O) groups is 2. The lowest BCUT2D eigenvalue weighted by atomic mass is 9.81. The van der Waals surface area contributed by atoms with E-state index in [-0.39, 0.29) is 22.3 Å². The smallest absolute Gasteiger partial charge is 0.435 e. The zero-order valence-electron chi connectivity index (χ0n) is 12.4. The van der Waals surface area contributed by atoms with E-state index in [1.165, 1.54) is 5.56 Å². The maximum atomic E-state index is 13.1. The van der Waals surface area contributed by atoms with E-state index in [1.807, 2.05) is 25.1 Å². The molecule has 2 aliphatic rings. The van der Waals surface area contributed by atoms with Gasteiger partial charge in [-0.2, -0.15) is 9.28 Å². The number of hydrogen-bond donors (Lipinski definition) is 1. The molecule has 0 spiro atoms. The quantitative estimate of drug-likeness (QED) is 0.807. The first-order valence-corrected chi connectivity index (χ1v) is 7.81. The molecule has 1 aromatic rings. The molecule has 2 unspecified atom stereocenters. The summed E-state index contributed by atoms with van der Waals surface area (Å²) in [6.07, 6.45) is 3.37. The van der Waals surface area contributed by atoms with Gasteiger partial charge < -0.3 is 5.11 Å². The zero-order chi connectivity index (χ0) is 15.0. The van der Waals surface area contributed by atoms with Gasteiger partial charge in [-0.15, -0.1) is 0 Å². The molecule has 1 aromatic carbocycles. The van der Waals surface area contributed by atoms with E-state index in [1.54, 1.807) is 0 Å². The van der Waals surface area contributed by atoms with Crippen molar-refractivity contribution in [1.29, 1.82) is 0 Å². The molecule has 1 heterocycles. The largest absolute Gasteiger partial charge is 0.521 e. The Labute approximate surface area is 125 Å².